The smallest absolute Gasteiger partial charge is 0.183 e. The maximum atomic E-state index is 8.43. The van der Waals surface area contributed by atoms with Crippen LogP contribution in [0, 0.1) is 22.7 Å². The first-order valence-corrected chi connectivity index (χ1v) is 4.62. The van der Waals surface area contributed by atoms with Gasteiger partial charge in [0.15, 0.2) is 5.11 Å². The van der Waals surface area contributed by atoms with Crippen molar-refractivity contribution in [1.29, 1.82) is 10.5 Å². The molecule has 0 spiro atoms. The first kappa shape index (κ1) is 12.6. The summed E-state index contributed by atoms with van der Waals surface area (Å²) in [7, 11) is 1.71. The van der Waals surface area contributed by atoms with Crippen LogP contribution in [0.4, 0.5) is 0 Å². The molecule has 0 saturated heterocycles. The van der Waals surface area contributed by atoms with Crippen LogP contribution < -0.4 is 10.9 Å². The Hall–Kier alpha value is -1.37. The van der Waals surface area contributed by atoms with Gasteiger partial charge in [0.2, 0.25) is 0 Å². The second kappa shape index (κ2) is 8.24. The Balaban J connectivity index is 4.03. The van der Waals surface area contributed by atoms with Crippen LogP contribution in [0.1, 0.15) is 12.8 Å². The minimum absolute atomic E-state index is 0.400. The number of thiocarbonyl (C=S) groups is 1. The Bertz CT molecular complexity index is 233. The summed E-state index contributed by atoms with van der Waals surface area (Å²) in [5, 5.41) is 17.4. The SMILES string of the molecule is CNNC(=S)N(CCC#N)CCC#N. The van der Waals surface area contributed by atoms with Crippen LogP contribution in [0.25, 0.3) is 0 Å². The van der Waals surface area contributed by atoms with Gasteiger partial charge in [-0.15, -0.1) is 0 Å². The fourth-order valence-corrected chi connectivity index (χ4v) is 1.16. The van der Waals surface area contributed by atoms with Crippen molar-refractivity contribution in [2.75, 3.05) is 20.1 Å². The Morgan fingerprint density at radius 3 is 2.14 bits per heavy atom. The van der Waals surface area contributed by atoms with Gasteiger partial charge in [-0.1, -0.05) is 0 Å². The normalized spacial score (nSPS) is 8.50. The number of rotatable bonds is 5. The topological polar surface area (TPSA) is 74.9 Å². The fourth-order valence-electron chi connectivity index (χ4n) is 0.871. The van der Waals surface area contributed by atoms with E-state index in [1.165, 1.54) is 0 Å². The monoisotopic (exact) mass is 211 g/mol. The molecule has 0 aliphatic carbocycles. The van der Waals surface area contributed by atoms with Crippen molar-refractivity contribution >= 4 is 17.3 Å². The summed E-state index contributed by atoms with van der Waals surface area (Å²) in [5.41, 5.74) is 5.45. The second-order valence-electron chi connectivity index (χ2n) is 2.48. The van der Waals surface area contributed by atoms with Gasteiger partial charge in [0.05, 0.1) is 25.0 Å². The van der Waals surface area contributed by atoms with E-state index in [-0.39, 0.29) is 0 Å². The number of nitriles is 2. The lowest BCUT2D eigenvalue weighted by Crippen LogP contribution is -2.45. The van der Waals surface area contributed by atoms with Gasteiger partial charge in [-0.05, 0) is 12.2 Å². The van der Waals surface area contributed by atoms with Gasteiger partial charge in [-0.2, -0.15) is 10.5 Å². The minimum atomic E-state index is 0.400. The molecule has 0 rings (SSSR count). The molecule has 0 unspecified atom stereocenters. The summed E-state index contributed by atoms with van der Waals surface area (Å²) < 4.78 is 0. The molecule has 0 bridgehead atoms. The molecule has 76 valence electrons. The minimum Gasteiger partial charge on any atom is -0.346 e. The Labute approximate surface area is 89.3 Å². The average Bonchev–Trinajstić information content (AvgIpc) is 2.18. The molecule has 0 fully saturated rings. The average molecular weight is 211 g/mol. The lowest BCUT2D eigenvalue weighted by atomic mass is 10.3. The highest BCUT2D eigenvalue weighted by molar-refractivity contribution is 7.80. The van der Waals surface area contributed by atoms with Gasteiger partial charge in [0, 0.05) is 20.1 Å². The van der Waals surface area contributed by atoms with Crippen LogP contribution in [0.15, 0.2) is 0 Å². The Kier molecular flexibility index (Phi) is 7.43. The van der Waals surface area contributed by atoms with E-state index in [1.54, 1.807) is 11.9 Å². The molecule has 0 aliphatic heterocycles. The number of nitrogens with zero attached hydrogens (tertiary/aromatic N) is 3. The van der Waals surface area contributed by atoms with Gasteiger partial charge in [0.1, 0.15) is 0 Å². The highest BCUT2D eigenvalue weighted by atomic mass is 32.1. The zero-order chi connectivity index (χ0) is 10.8. The number of nitrogens with one attached hydrogen (secondary N) is 2. The van der Waals surface area contributed by atoms with Crippen LogP contribution in [0.2, 0.25) is 0 Å². The number of hydrogen-bond donors (Lipinski definition) is 2. The van der Waals surface area contributed by atoms with Crippen molar-refractivity contribution in [3.8, 4) is 12.1 Å². The summed E-state index contributed by atoms with van der Waals surface area (Å²) >= 11 is 5.03. The highest BCUT2D eigenvalue weighted by Gasteiger charge is 2.07. The third kappa shape index (κ3) is 5.31. The summed E-state index contributed by atoms with van der Waals surface area (Å²) in [6.07, 6.45) is 0.800. The lowest BCUT2D eigenvalue weighted by molar-refractivity contribution is 0.423. The molecule has 0 aliphatic rings. The predicted molar refractivity (Wildman–Crippen MR) is 56.8 cm³/mol. The molecular formula is C8H13N5S. The van der Waals surface area contributed by atoms with Gasteiger partial charge in [0.25, 0.3) is 0 Å². The van der Waals surface area contributed by atoms with E-state index in [0.717, 1.165) is 0 Å². The van der Waals surface area contributed by atoms with Crippen LogP contribution in [0.3, 0.4) is 0 Å². The number of hydrogen-bond acceptors (Lipinski definition) is 4. The molecule has 2 N–H and O–H groups in total. The van der Waals surface area contributed by atoms with Gasteiger partial charge >= 0.3 is 0 Å². The van der Waals surface area contributed by atoms with Crippen molar-refractivity contribution in [3.05, 3.63) is 0 Å². The van der Waals surface area contributed by atoms with Gasteiger partial charge in [-0.25, -0.2) is 5.43 Å². The van der Waals surface area contributed by atoms with E-state index in [4.69, 9.17) is 22.7 Å². The van der Waals surface area contributed by atoms with E-state index in [2.05, 4.69) is 10.9 Å². The third-order valence-electron chi connectivity index (χ3n) is 1.51. The Morgan fingerprint density at radius 2 is 1.79 bits per heavy atom. The zero-order valence-electron chi connectivity index (χ0n) is 8.08. The maximum absolute atomic E-state index is 8.43. The van der Waals surface area contributed by atoms with Crippen LogP contribution >= 0.6 is 12.2 Å². The number of hydrazine groups is 1. The first-order chi connectivity index (χ1) is 6.76. The van der Waals surface area contributed by atoms with Crippen molar-refractivity contribution < 1.29 is 0 Å². The molecule has 0 aromatic rings. The van der Waals surface area contributed by atoms with Crippen molar-refractivity contribution in [2.24, 2.45) is 0 Å². The molecule has 0 radical (unpaired) electrons. The maximum Gasteiger partial charge on any atom is 0.183 e. The van der Waals surface area contributed by atoms with Crippen LogP contribution in [-0.4, -0.2) is 30.1 Å². The van der Waals surface area contributed by atoms with Crippen molar-refractivity contribution in [1.82, 2.24) is 15.8 Å². The molecule has 0 saturated carbocycles. The largest absolute Gasteiger partial charge is 0.346 e. The Morgan fingerprint density at radius 1 is 1.29 bits per heavy atom. The first-order valence-electron chi connectivity index (χ1n) is 4.21. The van der Waals surface area contributed by atoms with Crippen molar-refractivity contribution in [2.45, 2.75) is 12.8 Å². The molecule has 0 atom stereocenters. The highest BCUT2D eigenvalue weighted by Crippen LogP contribution is 1.94. The van der Waals surface area contributed by atoms with E-state index < -0.39 is 0 Å². The lowest BCUT2D eigenvalue weighted by Gasteiger charge is -2.23. The molecule has 0 amide bonds. The summed E-state index contributed by atoms with van der Waals surface area (Å²) in [6.45, 7) is 1.09. The fraction of sp³-hybridized carbons (Fsp3) is 0.625. The molecule has 14 heavy (non-hydrogen) atoms. The van der Waals surface area contributed by atoms with Crippen LogP contribution in [0.5, 0.6) is 0 Å². The molecule has 0 aromatic heterocycles. The summed E-state index contributed by atoms with van der Waals surface area (Å²) in [5.74, 6) is 0. The zero-order valence-corrected chi connectivity index (χ0v) is 8.89. The van der Waals surface area contributed by atoms with Gasteiger partial charge < -0.3 is 4.90 Å². The van der Waals surface area contributed by atoms with E-state index in [1.807, 2.05) is 12.1 Å². The quantitative estimate of drug-likeness (QED) is 0.497. The third-order valence-corrected chi connectivity index (χ3v) is 1.87. The van der Waals surface area contributed by atoms with E-state index in [0.29, 0.717) is 31.0 Å². The predicted octanol–water partition coefficient (Wildman–Crippen LogP) is 0.125. The molecule has 0 heterocycles. The van der Waals surface area contributed by atoms with E-state index >= 15 is 0 Å². The molecule has 6 heteroatoms. The summed E-state index contributed by atoms with van der Waals surface area (Å²) in [4.78, 5) is 1.79. The summed E-state index contributed by atoms with van der Waals surface area (Å²) in [6, 6.07) is 4.08. The van der Waals surface area contributed by atoms with Crippen LogP contribution in [-0.2, 0) is 0 Å². The second-order valence-corrected chi connectivity index (χ2v) is 2.87. The van der Waals surface area contributed by atoms with Crippen molar-refractivity contribution in [3.63, 3.8) is 0 Å². The van der Waals surface area contributed by atoms with E-state index in [9.17, 15) is 0 Å². The standard InChI is InChI=1S/C8H13N5S/c1-11-12-8(14)13(6-2-4-9)7-3-5-10/h11H,2-3,6-7H2,1H3,(H,12,14). The molecular weight excluding hydrogens is 198 g/mol. The molecule has 5 nitrogen and oxygen atoms in total. The molecule has 0 aromatic carbocycles. The van der Waals surface area contributed by atoms with Gasteiger partial charge in [-0.3, -0.25) is 5.43 Å².